The third-order valence-corrected chi connectivity index (χ3v) is 6.24. The van der Waals surface area contributed by atoms with Crippen LogP contribution in [0.15, 0.2) is 24.3 Å². The molecule has 0 N–H and O–H groups in total. The molecule has 5 nitrogen and oxygen atoms in total. The fourth-order valence-corrected chi connectivity index (χ4v) is 4.96. The first-order chi connectivity index (χ1) is 13.3. The maximum atomic E-state index is 6.13. The summed E-state index contributed by atoms with van der Waals surface area (Å²) < 4.78 is 28.4. The van der Waals surface area contributed by atoms with Crippen LogP contribution in [0, 0.1) is 5.41 Å². The van der Waals surface area contributed by atoms with E-state index in [1.165, 1.54) is 50.5 Å². The van der Waals surface area contributed by atoms with Gasteiger partial charge in [-0.15, -0.1) is 0 Å². The molecule has 1 spiro atoms. The quantitative estimate of drug-likeness (QED) is 0.359. The van der Waals surface area contributed by atoms with Crippen molar-refractivity contribution >= 4 is 18.1 Å². The molecule has 0 bridgehead atoms. The van der Waals surface area contributed by atoms with Crippen LogP contribution in [0.5, 0.6) is 5.75 Å². The molecule has 1 aromatic rings. The molecule has 0 aromatic heterocycles. The Morgan fingerprint density at radius 1 is 0.889 bits per heavy atom. The number of rotatable bonds is 10. The summed E-state index contributed by atoms with van der Waals surface area (Å²) in [5.41, 5.74) is 0.985. The highest BCUT2D eigenvalue weighted by Crippen LogP contribution is 2.44. The summed E-state index contributed by atoms with van der Waals surface area (Å²) in [5.74, 6) is 0.822. The molecule has 27 heavy (non-hydrogen) atoms. The van der Waals surface area contributed by atoms with Gasteiger partial charge in [-0.25, -0.2) is 0 Å². The molecule has 0 saturated carbocycles. The topological polar surface area (TPSA) is 46.2 Å². The molecule has 2 unspecified atom stereocenters. The monoisotopic (exact) mass is 414 g/mol. The van der Waals surface area contributed by atoms with E-state index in [2.05, 4.69) is 19.1 Å². The molecule has 1 aromatic carbocycles. The zero-order valence-electron chi connectivity index (χ0n) is 16.2. The Morgan fingerprint density at radius 2 is 1.52 bits per heavy atom. The van der Waals surface area contributed by atoms with Gasteiger partial charge in [0.1, 0.15) is 11.2 Å². The summed E-state index contributed by atoms with van der Waals surface area (Å²) in [6.45, 7) is 3.88. The number of hydrogen-bond donors (Lipinski definition) is 0. The smallest absolute Gasteiger partial charge is 0.217 e. The van der Waals surface area contributed by atoms with E-state index < -0.39 is 6.29 Å². The molecule has 2 aliphatic heterocycles. The third kappa shape index (κ3) is 6.63. The van der Waals surface area contributed by atoms with Crippen LogP contribution in [0.4, 0.5) is 0 Å². The molecule has 2 atom stereocenters. The fraction of sp³-hybridized carbons (Fsp3) is 0.700. The third-order valence-electron chi connectivity index (χ3n) is 5.15. The highest BCUT2D eigenvalue weighted by Gasteiger charge is 2.47. The molecule has 7 heteroatoms. The first-order valence-corrected chi connectivity index (χ1v) is 11.7. The van der Waals surface area contributed by atoms with E-state index in [4.69, 9.17) is 22.8 Å². The Morgan fingerprint density at radius 3 is 2.22 bits per heavy atom. The van der Waals surface area contributed by atoms with Gasteiger partial charge in [-0.1, -0.05) is 57.6 Å². The van der Waals surface area contributed by atoms with Crippen molar-refractivity contribution in [1.29, 1.82) is 0 Å². The van der Waals surface area contributed by atoms with Crippen LogP contribution in [0.3, 0.4) is 0 Å². The van der Waals surface area contributed by atoms with Crippen LogP contribution in [-0.4, -0.2) is 26.1 Å². The van der Waals surface area contributed by atoms with E-state index >= 15 is 0 Å². The van der Waals surface area contributed by atoms with E-state index in [1.54, 1.807) is 0 Å². The van der Waals surface area contributed by atoms with Gasteiger partial charge in [-0.2, -0.15) is 0 Å². The average Bonchev–Trinajstić information content (AvgIpc) is 2.71. The Bertz CT molecular complexity index is 525. The first-order valence-electron chi connectivity index (χ1n) is 10.1. The minimum atomic E-state index is -0.399. The van der Waals surface area contributed by atoms with Gasteiger partial charge in [0, 0.05) is 0 Å². The molecule has 2 heterocycles. The van der Waals surface area contributed by atoms with Crippen LogP contribution < -0.4 is 4.74 Å². The lowest BCUT2D eigenvalue weighted by atomic mass is 9.90. The summed E-state index contributed by atoms with van der Waals surface area (Å²) >= 11 is 0. The molecule has 2 fully saturated rings. The number of aryl methyl sites for hydroxylation is 1. The fourth-order valence-electron chi connectivity index (χ4n) is 3.39. The van der Waals surface area contributed by atoms with Crippen molar-refractivity contribution in [3.8, 4) is 5.75 Å². The van der Waals surface area contributed by atoms with Gasteiger partial charge in [-0.3, -0.25) is 4.52 Å². The summed E-state index contributed by atoms with van der Waals surface area (Å²) in [6.07, 6.45) is 10.1. The van der Waals surface area contributed by atoms with Gasteiger partial charge in [0.05, 0.1) is 19.8 Å². The Balaban J connectivity index is 1.43. The lowest BCUT2D eigenvalue weighted by Gasteiger charge is -2.43. The highest BCUT2D eigenvalue weighted by molar-refractivity contribution is 7.26. The summed E-state index contributed by atoms with van der Waals surface area (Å²) in [6, 6.07) is 8.41. The van der Waals surface area contributed by atoms with E-state index in [0.717, 1.165) is 12.2 Å². The SMILES string of the molecule is CCCCCCCCCc1ccc(OC2OPOCC23COPOC3)cc1. The molecular formula is C20H32O5P2. The zero-order chi connectivity index (χ0) is 18.8. The molecule has 0 radical (unpaired) electrons. The van der Waals surface area contributed by atoms with E-state index in [-0.39, 0.29) is 23.5 Å². The van der Waals surface area contributed by atoms with E-state index in [0.29, 0.717) is 19.8 Å². The van der Waals surface area contributed by atoms with Crippen LogP contribution >= 0.6 is 18.1 Å². The van der Waals surface area contributed by atoms with Gasteiger partial charge >= 0.3 is 0 Å². The average molecular weight is 414 g/mol. The van der Waals surface area contributed by atoms with Gasteiger partial charge < -0.3 is 18.3 Å². The predicted molar refractivity (Wildman–Crippen MR) is 111 cm³/mol. The Kier molecular flexibility index (Phi) is 9.25. The summed E-state index contributed by atoms with van der Waals surface area (Å²) in [4.78, 5) is 0. The van der Waals surface area contributed by atoms with Crippen molar-refractivity contribution in [1.82, 2.24) is 0 Å². The van der Waals surface area contributed by atoms with Crippen molar-refractivity contribution < 1.29 is 22.8 Å². The largest absolute Gasteiger partial charge is 0.464 e. The minimum absolute atomic E-state index is 0.00506. The van der Waals surface area contributed by atoms with E-state index in [1.807, 2.05) is 12.1 Å². The summed E-state index contributed by atoms with van der Waals surface area (Å²) in [7, 11) is 0.0852. The molecule has 0 amide bonds. The summed E-state index contributed by atoms with van der Waals surface area (Å²) in [5, 5.41) is 0. The van der Waals surface area contributed by atoms with Gasteiger partial charge in [0.2, 0.25) is 6.29 Å². The van der Waals surface area contributed by atoms with Crippen LogP contribution in [0.25, 0.3) is 0 Å². The Labute approximate surface area is 166 Å². The molecule has 3 rings (SSSR count). The first kappa shape index (κ1) is 21.4. The number of benzene rings is 1. The van der Waals surface area contributed by atoms with Gasteiger partial charge in [-0.05, 0) is 30.5 Å². The molecule has 0 aliphatic carbocycles. The van der Waals surface area contributed by atoms with Crippen molar-refractivity contribution in [2.24, 2.45) is 5.41 Å². The van der Waals surface area contributed by atoms with Crippen LogP contribution in [-0.2, 0) is 24.5 Å². The maximum Gasteiger partial charge on any atom is 0.217 e. The number of hydrogen-bond acceptors (Lipinski definition) is 5. The second-order valence-electron chi connectivity index (χ2n) is 7.48. The van der Waals surface area contributed by atoms with Crippen molar-refractivity contribution in [3.63, 3.8) is 0 Å². The molecule has 2 aliphatic rings. The zero-order valence-corrected chi connectivity index (χ0v) is 18.2. The molecular weight excluding hydrogens is 382 g/mol. The van der Waals surface area contributed by atoms with Crippen molar-refractivity contribution in [2.75, 3.05) is 19.8 Å². The predicted octanol–water partition coefficient (Wildman–Crippen LogP) is 5.78. The second-order valence-corrected chi connectivity index (χ2v) is 8.91. The molecule has 152 valence electrons. The normalized spacial score (nSPS) is 27.4. The number of unbranched alkanes of at least 4 members (excludes halogenated alkanes) is 6. The lowest BCUT2D eigenvalue weighted by Crippen LogP contribution is -2.52. The highest BCUT2D eigenvalue weighted by atomic mass is 31.1. The lowest BCUT2D eigenvalue weighted by molar-refractivity contribution is -0.171. The van der Waals surface area contributed by atoms with Gasteiger partial charge in [0.15, 0.2) is 18.1 Å². The standard InChI is InChI=1S/C20H32O5P2/c1-2-3-4-5-6-7-8-9-17-10-12-18(13-11-17)24-19-20(16-23-27-25-19)14-21-26-22-15-20/h10-13,19,26-27H,2-9,14-16H2,1H3. The Hall–Kier alpha value is -0.280. The molecule has 2 saturated heterocycles. The number of ether oxygens (including phenoxy) is 1. The van der Waals surface area contributed by atoms with Crippen LogP contribution in [0.2, 0.25) is 0 Å². The van der Waals surface area contributed by atoms with Crippen molar-refractivity contribution in [3.05, 3.63) is 29.8 Å². The second kappa shape index (κ2) is 11.7. The maximum absolute atomic E-state index is 6.13. The van der Waals surface area contributed by atoms with Gasteiger partial charge in [0.25, 0.3) is 0 Å². The van der Waals surface area contributed by atoms with E-state index in [9.17, 15) is 0 Å². The van der Waals surface area contributed by atoms with Crippen LogP contribution in [0.1, 0.15) is 57.4 Å². The van der Waals surface area contributed by atoms with Crippen molar-refractivity contribution in [2.45, 2.75) is 64.6 Å². The minimum Gasteiger partial charge on any atom is -0.464 e.